The molecule has 2 amide bonds. The van der Waals surface area contributed by atoms with Crippen molar-refractivity contribution in [2.24, 2.45) is 5.10 Å². The molecule has 6 nitrogen and oxygen atoms in total. The SMILES string of the molecule is Cc1ccc(C)c(NC(=O)CCC(=O)NN=Cc2ccccc2OCc2ccc(Cl)c(Cl)c2)c1. The number of amides is 2. The van der Waals surface area contributed by atoms with Gasteiger partial charge >= 0.3 is 0 Å². The van der Waals surface area contributed by atoms with Crippen LogP contribution in [0.5, 0.6) is 5.75 Å². The predicted octanol–water partition coefficient (Wildman–Crippen LogP) is 6.06. The van der Waals surface area contributed by atoms with Crippen LogP contribution < -0.4 is 15.5 Å². The van der Waals surface area contributed by atoms with Gasteiger partial charge in [0, 0.05) is 24.1 Å². The molecule has 0 heterocycles. The standard InChI is InChI=1S/C26H25Cl2N3O3/c1-17-7-8-18(2)23(13-17)30-25(32)11-12-26(33)31-29-15-20-5-3-4-6-24(20)34-16-19-9-10-21(27)22(28)14-19/h3-10,13-15H,11-12,16H2,1-2H3,(H,30,32)(H,31,33). The summed E-state index contributed by atoms with van der Waals surface area (Å²) in [5, 5.41) is 7.78. The topological polar surface area (TPSA) is 79.8 Å². The quantitative estimate of drug-likeness (QED) is 0.278. The fourth-order valence-electron chi connectivity index (χ4n) is 3.05. The van der Waals surface area contributed by atoms with Crippen molar-refractivity contribution in [3.8, 4) is 5.75 Å². The minimum atomic E-state index is -0.360. The van der Waals surface area contributed by atoms with Crippen molar-refractivity contribution >= 4 is 46.9 Å². The van der Waals surface area contributed by atoms with E-state index in [-0.39, 0.29) is 24.7 Å². The van der Waals surface area contributed by atoms with Crippen LogP contribution in [0.3, 0.4) is 0 Å². The Bertz CT molecular complexity index is 1210. The Hall–Kier alpha value is -3.35. The molecular formula is C26H25Cl2N3O3. The lowest BCUT2D eigenvalue weighted by Gasteiger charge is -2.10. The van der Waals surface area contributed by atoms with Crippen LogP contribution in [0.4, 0.5) is 5.69 Å². The van der Waals surface area contributed by atoms with Gasteiger partial charge in [-0.15, -0.1) is 0 Å². The van der Waals surface area contributed by atoms with E-state index in [1.165, 1.54) is 6.21 Å². The highest BCUT2D eigenvalue weighted by Crippen LogP contribution is 2.24. The Labute approximate surface area is 208 Å². The third-order valence-electron chi connectivity index (χ3n) is 4.94. The summed E-state index contributed by atoms with van der Waals surface area (Å²) in [6, 6.07) is 18.4. The number of carbonyl (C=O) groups is 2. The second-order valence-corrected chi connectivity index (χ2v) is 8.55. The monoisotopic (exact) mass is 497 g/mol. The van der Waals surface area contributed by atoms with E-state index < -0.39 is 0 Å². The van der Waals surface area contributed by atoms with Gasteiger partial charge in [-0.2, -0.15) is 5.10 Å². The summed E-state index contributed by atoms with van der Waals surface area (Å²) in [6.07, 6.45) is 1.57. The lowest BCUT2D eigenvalue weighted by molar-refractivity contribution is -0.124. The van der Waals surface area contributed by atoms with Crippen molar-refractivity contribution < 1.29 is 14.3 Å². The molecular weight excluding hydrogens is 473 g/mol. The zero-order valence-electron chi connectivity index (χ0n) is 18.9. The van der Waals surface area contributed by atoms with Gasteiger partial charge in [0.05, 0.1) is 16.3 Å². The molecule has 0 aliphatic heterocycles. The molecule has 8 heteroatoms. The number of benzene rings is 3. The predicted molar refractivity (Wildman–Crippen MR) is 137 cm³/mol. The first-order valence-corrected chi connectivity index (χ1v) is 11.4. The van der Waals surface area contributed by atoms with Crippen molar-refractivity contribution in [1.82, 2.24) is 5.43 Å². The van der Waals surface area contributed by atoms with Gasteiger partial charge in [-0.05, 0) is 60.9 Å². The van der Waals surface area contributed by atoms with Gasteiger partial charge in [-0.3, -0.25) is 9.59 Å². The van der Waals surface area contributed by atoms with Crippen molar-refractivity contribution in [3.05, 3.63) is 93.0 Å². The normalized spacial score (nSPS) is 10.8. The molecule has 3 aromatic carbocycles. The molecule has 34 heavy (non-hydrogen) atoms. The number of nitrogens with one attached hydrogen (secondary N) is 2. The van der Waals surface area contributed by atoms with Gasteiger partial charge in [0.1, 0.15) is 12.4 Å². The number of nitrogens with zero attached hydrogens (tertiary/aromatic N) is 1. The summed E-state index contributed by atoms with van der Waals surface area (Å²) in [5.41, 5.74) is 6.77. The third kappa shape index (κ3) is 7.61. The van der Waals surface area contributed by atoms with Gasteiger partial charge < -0.3 is 10.1 Å². The minimum absolute atomic E-state index is 0.0174. The summed E-state index contributed by atoms with van der Waals surface area (Å²) in [4.78, 5) is 24.3. The number of aryl methyl sites for hydroxylation is 2. The largest absolute Gasteiger partial charge is 0.488 e. The fourth-order valence-corrected chi connectivity index (χ4v) is 3.37. The molecule has 0 saturated heterocycles. The molecule has 0 spiro atoms. The Morgan fingerprint density at radius 1 is 0.941 bits per heavy atom. The maximum absolute atomic E-state index is 12.2. The third-order valence-corrected chi connectivity index (χ3v) is 5.68. The molecule has 0 aliphatic carbocycles. The van der Waals surface area contributed by atoms with Gasteiger partial charge in [0.15, 0.2) is 0 Å². The summed E-state index contributed by atoms with van der Waals surface area (Å²) < 4.78 is 5.87. The van der Waals surface area contributed by atoms with Gasteiger partial charge in [0.25, 0.3) is 0 Å². The number of ether oxygens (including phenoxy) is 1. The average molecular weight is 498 g/mol. The Balaban J connectivity index is 1.49. The molecule has 0 fully saturated rings. The van der Waals surface area contributed by atoms with Crippen LogP contribution in [0.15, 0.2) is 65.8 Å². The lowest BCUT2D eigenvalue weighted by atomic mass is 10.1. The molecule has 3 rings (SSSR count). The van der Waals surface area contributed by atoms with Crippen LogP contribution in [0, 0.1) is 13.8 Å². The minimum Gasteiger partial charge on any atom is -0.488 e. The number of para-hydroxylation sites is 1. The van der Waals surface area contributed by atoms with Crippen LogP contribution in [0.25, 0.3) is 0 Å². The zero-order valence-corrected chi connectivity index (χ0v) is 20.4. The van der Waals surface area contributed by atoms with Crippen LogP contribution in [-0.4, -0.2) is 18.0 Å². The molecule has 0 unspecified atom stereocenters. The number of anilines is 1. The summed E-state index contributed by atoms with van der Waals surface area (Å²) in [6.45, 7) is 4.17. The Morgan fingerprint density at radius 3 is 2.50 bits per heavy atom. The molecule has 0 radical (unpaired) electrons. The van der Waals surface area contributed by atoms with E-state index in [2.05, 4.69) is 15.8 Å². The highest BCUT2D eigenvalue weighted by atomic mass is 35.5. The van der Waals surface area contributed by atoms with Crippen molar-refractivity contribution in [1.29, 1.82) is 0 Å². The highest BCUT2D eigenvalue weighted by Gasteiger charge is 2.09. The number of hydrazone groups is 1. The first-order valence-electron chi connectivity index (χ1n) is 10.7. The van der Waals surface area contributed by atoms with E-state index in [9.17, 15) is 9.59 Å². The molecule has 0 atom stereocenters. The second-order valence-electron chi connectivity index (χ2n) is 7.73. The Kier molecular flexibility index (Phi) is 9.08. The maximum atomic E-state index is 12.2. The summed E-state index contributed by atoms with van der Waals surface area (Å²) in [5.74, 6) is 0.00919. The number of halogens is 2. The lowest BCUT2D eigenvalue weighted by Crippen LogP contribution is -2.21. The molecule has 0 bridgehead atoms. The summed E-state index contributed by atoms with van der Waals surface area (Å²) >= 11 is 12.0. The fraction of sp³-hybridized carbons (Fsp3) is 0.192. The van der Waals surface area contributed by atoms with E-state index in [0.29, 0.717) is 28.0 Å². The van der Waals surface area contributed by atoms with Gasteiger partial charge in [0.2, 0.25) is 11.8 Å². The molecule has 0 saturated carbocycles. The number of hydrogen-bond donors (Lipinski definition) is 2. The number of carbonyl (C=O) groups excluding carboxylic acids is 2. The van der Waals surface area contributed by atoms with Crippen molar-refractivity contribution in [3.63, 3.8) is 0 Å². The first kappa shape index (κ1) is 25.3. The zero-order chi connectivity index (χ0) is 24.5. The van der Waals surface area contributed by atoms with Gasteiger partial charge in [-0.1, -0.05) is 53.5 Å². The first-order chi connectivity index (χ1) is 16.3. The van der Waals surface area contributed by atoms with E-state index in [1.807, 2.05) is 56.3 Å². The van der Waals surface area contributed by atoms with Crippen LogP contribution in [0.1, 0.15) is 35.1 Å². The number of rotatable bonds is 9. The molecule has 176 valence electrons. The Morgan fingerprint density at radius 2 is 1.71 bits per heavy atom. The van der Waals surface area contributed by atoms with Crippen molar-refractivity contribution in [2.75, 3.05) is 5.32 Å². The average Bonchev–Trinajstić information content (AvgIpc) is 2.81. The van der Waals surface area contributed by atoms with Gasteiger partial charge in [-0.25, -0.2) is 5.43 Å². The van der Waals surface area contributed by atoms with E-state index in [1.54, 1.807) is 18.2 Å². The maximum Gasteiger partial charge on any atom is 0.240 e. The molecule has 2 N–H and O–H groups in total. The molecule has 0 aliphatic rings. The van der Waals surface area contributed by atoms with Crippen molar-refractivity contribution in [2.45, 2.75) is 33.3 Å². The molecule has 0 aromatic heterocycles. The highest BCUT2D eigenvalue weighted by molar-refractivity contribution is 6.42. The summed E-state index contributed by atoms with van der Waals surface area (Å²) in [7, 11) is 0. The second kappa shape index (κ2) is 12.2. The van der Waals surface area contributed by atoms with Crippen LogP contribution in [-0.2, 0) is 16.2 Å². The van der Waals surface area contributed by atoms with E-state index in [0.717, 1.165) is 22.4 Å². The van der Waals surface area contributed by atoms with Crippen LogP contribution in [0.2, 0.25) is 10.0 Å². The molecule has 3 aromatic rings. The number of hydrogen-bond acceptors (Lipinski definition) is 4. The smallest absolute Gasteiger partial charge is 0.240 e. The van der Waals surface area contributed by atoms with E-state index >= 15 is 0 Å². The van der Waals surface area contributed by atoms with E-state index in [4.69, 9.17) is 27.9 Å². The van der Waals surface area contributed by atoms with Crippen LogP contribution >= 0.6 is 23.2 Å².